The zero-order valence-corrected chi connectivity index (χ0v) is 72.8. The molecule has 1 saturated heterocycles. The Kier molecular flexibility index (Phi) is 28.8. The van der Waals surface area contributed by atoms with Gasteiger partial charge in [-0.3, -0.25) is 0 Å². The van der Waals surface area contributed by atoms with E-state index in [0.29, 0.717) is 143 Å². The fraction of sp³-hybridized carbons (Fsp3) is 0.118. The lowest BCUT2D eigenvalue weighted by Crippen LogP contribution is -2.63. The predicted octanol–water partition coefficient (Wildman–Crippen LogP) is 10.0. The van der Waals surface area contributed by atoms with E-state index in [1.165, 1.54) is 16.7 Å². The molecule has 1 fully saturated rings. The Bertz CT molecular complexity index is 7080. The van der Waals surface area contributed by atoms with Crippen LogP contribution in [0, 0.1) is 0 Å². The summed E-state index contributed by atoms with van der Waals surface area (Å²) in [7, 11) is 2.03. The summed E-state index contributed by atoms with van der Waals surface area (Å²) in [6.07, 6.45) is -12.8. The summed E-state index contributed by atoms with van der Waals surface area (Å²) in [5.74, 6) is -55.6. The Hall–Kier alpha value is -19.2. The summed E-state index contributed by atoms with van der Waals surface area (Å²) in [5, 5.41) is 266. The molecule has 0 saturated carbocycles. The van der Waals surface area contributed by atoms with E-state index in [4.69, 9.17) is 75.3 Å². The lowest BCUT2D eigenvalue weighted by Gasteiger charge is -2.43. The van der Waals surface area contributed by atoms with Gasteiger partial charge in [0, 0.05) is 12.0 Å². The van der Waals surface area contributed by atoms with Crippen LogP contribution >= 0.6 is 23.2 Å². The van der Waals surface area contributed by atoms with Crippen molar-refractivity contribution in [3.8, 4) is 172 Å². The molecule has 12 aromatic rings. The number of ether oxygens (including phenoxy) is 11. The van der Waals surface area contributed by atoms with Crippen molar-refractivity contribution in [2.45, 2.75) is 55.5 Å². The van der Waals surface area contributed by atoms with Crippen LogP contribution in [-0.2, 0) is 28.4 Å². The summed E-state index contributed by atoms with van der Waals surface area (Å²) < 4.78 is 60.4. The molecule has 736 valence electrons. The summed E-state index contributed by atoms with van der Waals surface area (Å²) >= 11 is 12.2. The molecule has 1 heterocycles. The van der Waals surface area contributed by atoms with E-state index in [0.717, 1.165) is 12.8 Å². The van der Waals surface area contributed by atoms with Crippen molar-refractivity contribution < 1.29 is 228 Å². The Labute approximate surface area is 800 Å². The number of phenolic OH excluding ortho intramolecular Hbond substituents is 25. The van der Waals surface area contributed by atoms with Crippen molar-refractivity contribution >= 4 is 82.9 Å². The summed E-state index contributed by atoms with van der Waals surface area (Å²) in [5.41, 5.74) is -5.84. The SMILES string of the molecule is CN[C@H]1CC[C@@H](c2ccc(Cl)c(Cl)c2)c2ccccc21.O=C(OC[C@H]1O[C@@H](OC(=O)c2cc(O)c(O)c(OC(=O)c3cc(O)c(O)c(O)c3)c2)[C@H](OC(=O)c2cc(O)c(O)c(OC(=O)c3cc(O)c(O)c(O)c3)c2)[C@@H](OC(=O)c2cc(O)c(O)c(OC(=O)c3cc(O)c(O)c(O)c3)c2)[C@@H]1OC(=O)c1cc(O)c(O)c(OC(=O)c2cc(O)c(O)c(O)c2)c1)c1cc(O)c(O)c(OC(=O)c2cc(O)c(O)c(O)c2)c1. The minimum absolute atomic E-state index is 0.295. The molecule has 2 aliphatic rings. The number of phenols is 25. The molecule has 49 heteroatoms. The number of hydrogen-bond donors (Lipinski definition) is 26. The number of carbonyl (C=O) groups is 10. The van der Waals surface area contributed by atoms with Gasteiger partial charge in [0.2, 0.25) is 41.1 Å². The van der Waals surface area contributed by atoms with Gasteiger partial charge in [-0.15, -0.1) is 0 Å². The molecule has 12 aromatic carbocycles. The van der Waals surface area contributed by atoms with Gasteiger partial charge < -0.3 is 185 Å². The Morgan fingerprint density at radius 1 is 0.282 bits per heavy atom. The topological polar surface area (TPSA) is 790 Å². The predicted molar refractivity (Wildman–Crippen MR) is 469 cm³/mol. The minimum atomic E-state index is -3.12. The lowest BCUT2D eigenvalue weighted by atomic mass is 9.77. The number of fused-ring (bicyclic) bond motifs is 1. The number of nitrogens with one attached hydrogen (secondary N) is 1. The van der Waals surface area contributed by atoms with E-state index in [2.05, 4.69) is 35.6 Å². The third-order valence-corrected chi connectivity index (χ3v) is 21.8. The van der Waals surface area contributed by atoms with Gasteiger partial charge in [0.1, 0.15) is 12.7 Å². The van der Waals surface area contributed by atoms with Crippen LogP contribution in [0.25, 0.3) is 0 Å². The zero-order valence-electron chi connectivity index (χ0n) is 71.3. The van der Waals surface area contributed by atoms with Crippen molar-refractivity contribution in [2.24, 2.45) is 0 Å². The maximum atomic E-state index is 15.3. The molecular formula is C93H69Cl2NO46. The number of rotatable bonds is 23. The quantitative estimate of drug-likeness (QED) is 0.0122. The molecule has 14 rings (SSSR count). The number of hydrogen-bond acceptors (Lipinski definition) is 47. The minimum Gasteiger partial charge on any atom is -0.504 e. The first kappa shape index (κ1) is 100. The first-order chi connectivity index (χ1) is 67.1. The molecule has 1 aliphatic heterocycles. The third-order valence-electron chi connectivity index (χ3n) is 21.1. The normalized spacial score (nSPS) is 15.6. The lowest BCUT2D eigenvalue weighted by molar-refractivity contribution is -0.282. The highest BCUT2D eigenvalue weighted by atomic mass is 35.5. The van der Waals surface area contributed by atoms with Crippen LogP contribution in [0.3, 0.4) is 0 Å². The largest absolute Gasteiger partial charge is 0.504 e. The van der Waals surface area contributed by atoms with Crippen LogP contribution in [0.1, 0.15) is 145 Å². The van der Waals surface area contributed by atoms with Gasteiger partial charge in [-0.1, -0.05) is 53.5 Å². The standard InChI is InChI=1S/C76H52O46.C17H17Cl2N/c77-32-1-22(2-33(78)53(32)92)67(103)113-47-16-27(11-42(87)58(47)97)66(102)112-21-52-63(119-72(108)28-12-43(88)59(98)48(17-28)114-68(104)23-3-34(79)54(93)35(80)4-23)64(120-73(109)29-13-44(89)60(99)49(18-29)115-69(105)24-5-36(81)55(94)37(82)6-24)65(121-74(110)30-14-45(90)61(100)50(19-30)116-70(106)25-7-38(83)56(95)39(84)8-25)76(118-52)122-75(111)31-15-46(91)62(101)51(20-31)117-71(107)26-9-40(85)57(96)41(86)10-26;1-20-17-9-7-12(13-4-2-3-5-14(13)17)11-6-8-15(18)16(19)10-11/h1-20,52,63-65,76-101H,21H2;2-6,8,10,12,17,20H,7,9H2,1H3/t52-,63-,64+,65-,76+;12-,17-/m10/s1. The van der Waals surface area contributed by atoms with Crippen molar-refractivity contribution in [2.75, 3.05) is 13.7 Å². The number of aromatic hydroxyl groups is 25. The molecule has 0 spiro atoms. The van der Waals surface area contributed by atoms with Gasteiger partial charge >= 0.3 is 59.7 Å². The summed E-state index contributed by atoms with van der Waals surface area (Å²) in [4.78, 5) is 142. The fourth-order valence-corrected chi connectivity index (χ4v) is 14.3. The highest BCUT2D eigenvalue weighted by Gasteiger charge is 2.55. The summed E-state index contributed by atoms with van der Waals surface area (Å²) in [6, 6.07) is 23.7. The Morgan fingerprint density at radius 3 is 0.824 bits per heavy atom. The number of esters is 10. The highest BCUT2D eigenvalue weighted by Crippen LogP contribution is 2.50. The molecule has 7 atom stereocenters. The maximum Gasteiger partial charge on any atom is 0.343 e. The average molecular weight is 2010 g/mol. The van der Waals surface area contributed by atoms with E-state index in [-0.39, 0.29) is 0 Å². The van der Waals surface area contributed by atoms with Crippen LogP contribution in [0.4, 0.5) is 0 Å². The van der Waals surface area contributed by atoms with Crippen LogP contribution in [0.5, 0.6) is 172 Å². The molecule has 0 bridgehead atoms. The molecule has 0 aromatic heterocycles. The van der Waals surface area contributed by atoms with E-state index in [1.54, 1.807) is 0 Å². The summed E-state index contributed by atoms with van der Waals surface area (Å²) in [6.45, 7) is -1.71. The average Bonchev–Trinajstić information content (AvgIpc) is 0.762. The van der Waals surface area contributed by atoms with Crippen molar-refractivity contribution in [3.63, 3.8) is 0 Å². The molecule has 0 unspecified atom stereocenters. The van der Waals surface area contributed by atoms with Crippen LogP contribution in [-0.4, -0.2) is 232 Å². The molecule has 47 nitrogen and oxygen atoms in total. The second-order valence-corrected chi connectivity index (χ2v) is 31.2. The molecule has 0 amide bonds. The van der Waals surface area contributed by atoms with Crippen molar-refractivity contribution in [1.29, 1.82) is 0 Å². The zero-order chi connectivity index (χ0) is 103. The van der Waals surface area contributed by atoms with Gasteiger partial charge in [-0.25, -0.2) is 47.9 Å². The van der Waals surface area contributed by atoms with Crippen molar-refractivity contribution in [1.82, 2.24) is 5.32 Å². The number of benzene rings is 12. The first-order valence-electron chi connectivity index (χ1n) is 40.1. The van der Waals surface area contributed by atoms with Crippen LogP contribution in [0.2, 0.25) is 10.0 Å². The van der Waals surface area contributed by atoms with Crippen molar-refractivity contribution in [3.05, 3.63) is 246 Å². The van der Waals surface area contributed by atoms with Gasteiger partial charge in [0.15, 0.2) is 156 Å². The smallest absolute Gasteiger partial charge is 0.343 e. The molecule has 142 heavy (non-hydrogen) atoms. The van der Waals surface area contributed by atoms with E-state index in [9.17, 15) is 161 Å². The van der Waals surface area contributed by atoms with E-state index >= 15 is 14.4 Å². The van der Waals surface area contributed by atoms with Crippen LogP contribution < -0.4 is 29.0 Å². The molecule has 26 N–H and O–H groups in total. The monoisotopic (exact) mass is 2010 g/mol. The Morgan fingerprint density at radius 2 is 0.535 bits per heavy atom. The van der Waals surface area contributed by atoms with Gasteiger partial charge in [-0.2, -0.15) is 0 Å². The van der Waals surface area contributed by atoms with E-state index < -0.39 is 325 Å². The molecule has 1 aliphatic carbocycles. The fourth-order valence-electron chi connectivity index (χ4n) is 14.0. The number of halogens is 2. The second-order valence-electron chi connectivity index (χ2n) is 30.4. The van der Waals surface area contributed by atoms with Gasteiger partial charge in [-0.05, 0) is 170 Å². The van der Waals surface area contributed by atoms with Gasteiger partial charge in [0.05, 0.1) is 65.7 Å². The molecular weight excluding hydrogens is 1940 g/mol. The van der Waals surface area contributed by atoms with Gasteiger partial charge in [0.25, 0.3) is 0 Å². The Balaban J connectivity index is 0.000000746. The third kappa shape index (κ3) is 21.4. The first-order valence-corrected chi connectivity index (χ1v) is 40.9. The van der Waals surface area contributed by atoms with Crippen LogP contribution in [0.15, 0.2) is 164 Å². The highest BCUT2D eigenvalue weighted by molar-refractivity contribution is 6.42. The maximum absolute atomic E-state index is 15.3. The number of carbonyl (C=O) groups excluding carboxylic acids is 10. The molecule has 0 radical (unpaired) electrons. The second kappa shape index (κ2) is 40.8. The van der Waals surface area contributed by atoms with E-state index in [1.807, 2.05) is 19.2 Å².